The molecule has 1 amide bonds. The zero-order valence-electron chi connectivity index (χ0n) is 15.0. The number of hydrogen-bond donors (Lipinski definition) is 1. The number of ether oxygens (including phenoxy) is 2. The monoisotopic (exact) mass is 385 g/mol. The summed E-state index contributed by atoms with van der Waals surface area (Å²) in [7, 11) is 1.57. The van der Waals surface area contributed by atoms with Gasteiger partial charge < -0.3 is 14.8 Å². The lowest BCUT2D eigenvalue weighted by Crippen LogP contribution is -2.27. The van der Waals surface area contributed by atoms with Crippen LogP contribution < -0.4 is 14.8 Å². The van der Waals surface area contributed by atoms with E-state index in [2.05, 4.69) is 5.32 Å². The van der Waals surface area contributed by atoms with Gasteiger partial charge in [-0.2, -0.15) is 0 Å². The fourth-order valence-corrected chi connectivity index (χ4v) is 2.62. The molecule has 0 aliphatic heterocycles. The van der Waals surface area contributed by atoms with Crippen molar-refractivity contribution in [3.63, 3.8) is 0 Å². The number of esters is 1. The molecular formula is C21H17F2NO4. The molecule has 0 aromatic heterocycles. The minimum Gasteiger partial charge on any atom is -0.497 e. The van der Waals surface area contributed by atoms with Gasteiger partial charge in [-0.15, -0.1) is 0 Å². The molecule has 0 atom stereocenters. The van der Waals surface area contributed by atoms with Crippen LogP contribution >= 0.6 is 0 Å². The van der Waals surface area contributed by atoms with Crippen molar-refractivity contribution in [1.29, 1.82) is 0 Å². The highest BCUT2D eigenvalue weighted by atomic mass is 19.1. The van der Waals surface area contributed by atoms with Crippen molar-refractivity contribution in [3.05, 3.63) is 71.8 Å². The number of carbonyl (C=O) groups is 2. The molecule has 5 nitrogen and oxygen atoms in total. The van der Waals surface area contributed by atoms with Crippen molar-refractivity contribution >= 4 is 22.6 Å². The summed E-state index contributed by atoms with van der Waals surface area (Å²) < 4.78 is 36.9. The molecule has 1 N–H and O–H groups in total. The Morgan fingerprint density at radius 3 is 2.36 bits per heavy atom. The van der Waals surface area contributed by atoms with E-state index in [1.165, 1.54) is 0 Å². The molecule has 3 aromatic carbocycles. The summed E-state index contributed by atoms with van der Waals surface area (Å²) in [5.41, 5.74) is -0.293. The molecule has 0 saturated carbocycles. The molecule has 144 valence electrons. The van der Waals surface area contributed by atoms with Gasteiger partial charge in [-0.05, 0) is 47.2 Å². The second-order valence-corrected chi connectivity index (χ2v) is 5.98. The number of amides is 1. The van der Waals surface area contributed by atoms with Crippen LogP contribution in [0.4, 0.5) is 8.78 Å². The molecule has 0 unspecified atom stereocenters. The Morgan fingerprint density at radius 2 is 1.64 bits per heavy atom. The maximum atomic E-state index is 13.6. The number of rotatable bonds is 6. The Balaban J connectivity index is 1.55. The number of methoxy groups -OCH3 is 1. The van der Waals surface area contributed by atoms with Gasteiger partial charge in [0.1, 0.15) is 23.1 Å². The average Bonchev–Trinajstić information content (AvgIpc) is 2.67. The van der Waals surface area contributed by atoms with Crippen LogP contribution in [0.1, 0.15) is 16.8 Å². The smallest absolute Gasteiger partial charge is 0.312 e. The van der Waals surface area contributed by atoms with Crippen molar-refractivity contribution in [2.24, 2.45) is 0 Å². The summed E-state index contributed by atoms with van der Waals surface area (Å²) in [6, 6.07) is 13.4. The van der Waals surface area contributed by atoms with Crippen molar-refractivity contribution in [1.82, 2.24) is 5.32 Å². The second kappa shape index (κ2) is 8.47. The Bertz CT molecular complexity index is 1040. The Hall–Kier alpha value is -3.48. The van der Waals surface area contributed by atoms with E-state index < -0.39 is 23.5 Å². The lowest BCUT2D eigenvalue weighted by molar-refractivity contribution is -0.134. The Morgan fingerprint density at radius 1 is 0.929 bits per heavy atom. The van der Waals surface area contributed by atoms with E-state index in [1.807, 2.05) is 24.3 Å². The fraction of sp³-hybridized carbons (Fsp3) is 0.143. The first-order valence-electron chi connectivity index (χ1n) is 8.48. The molecule has 28 heavy (non-hydrogen) atoms. The molecule has 0 aliphatic carbocycles. The number of fused-ring (bicyclic) bond motifs is 1. The first-order chi connectivity index (χ1) is 13.5. The number of halogens is 2. The molecule has 0 fully saturated rings. The van der Waals surface area contributed by atoms with Gasteiger partial charge in [-0.25, -0.2) is 8.78 Å². The molecule has 0 heterocycles. The molecule has 3 aromatic rings. The number of benzene rings is 3. The number of hydrogen-bond acceptors (Lipinski definition) is 4. The second-order valence-electron chi connectivity index (χ2n) is 5.98. The molecule has 7 heteroatoms. The van der Waals surface area contributed by atoms with E-state index in [-0.39, 0.29) is 18.5 Å². The van der Waals surface area contributed by atoms with Gasteiger partial charge in [0.15, 0.2) is 0 Å². The minimum absolute atomic E-state index is 0.0457. The Kier molecular flexibility index (Phi) is 5.84. The van der Waals surface area contributed by atoms with Gasteiger partial charge in [-0.1, -0.05) is 12.1 Å². The van der Waals surface area contributed by atoms with E-state index in [1.54, 1.807) is 19.2 Å². The lowest BCUT2D eigenvalue weighted by Gasteiger charge is -2.08. The van der Waals surface area contributed by atoms with Crippen molar-refractivity contribution < 1.29 is 27.8 Å². The fourth-order valence-electron chi connectivity index (χ4n) is 2.62. The SMILES string of the molecule is COc1ccc2ccc(OC(=O)CCNC(=O)c3ccc(F)cc3F)cc2c1. The van der Waals surface area contributed by atoms with Crippen LogP contribution in [0, 0.1) is 11.6 Å². The maximum absolute atomic E-state index is 13.6. The number of nitrogens with one attached hydrogen (secondary N) is 1. The van der Waals surface area contributed by atoms with Gasteiger partial charge in [0.25, 0.3) is 5.91 Å². The minimum atomic E-state index is -0.966. The van der Waals surface area contributed by atoms with E-state index in [0.717, 1.165) is 22.9 Å². The van der Waals surface area contributed by atoms with Crippen LogP contribution in [0.25, 0.3) is 10.8 Å². The molecule has 0 radical (unpaired) electrons. The summed E-state index contributed by atoms with van der Waals surface area (Å²) in [4.78, 5) is 23.9. The third-order valence-electron chi connectivity index (χ3n) is 4.04. The Labute approximate surface area is 159 Å². The van der Waals surface area contributed by atoms with E-state index in [0.29, 0.717) is 17.6 Å². The van der Waals surface area contributed by atoms with Crippen LogP contribution in [-0.4, -0.2) is 25.5 Å². The summed E-state index contributed by atoms with van der Waals surface area (Å²) in [5.74, 6) is -1.98. The third-order valence-corrected chi connectivity index (χ3v) is 4.04. The molecular weight excluding hydrogens is 368 g/mol. The number of carbonyl (C=O) groups excluding carboxylic acids is 2. The highest BCUT2D eigenvalue weighted by molar-refractivity contribution is 5.94. The van der Waals surface area contributed by atoms with Crippen molar-refractivity contribution in [2.45, 2.75) is 6.42 Å². The normalized spacial score (nSPS) is 10.5. The highest BCUT2D eigenvalue weighted by Gasteiger charge is 2.13. The maximum Gasteiger partial charge on any atom is 0.312 e. The summed E-state index contributed by atoms with van der Waals surface area (Å²) in [6.07, 6.45) is -0.106. The first-order valence-corrected chi connectivity index (χ1v) is 8.48. The molecule has 0 aliphatic rings. The van der Waals surface area contributed by atoms with Crippen LogP contribution in [0.15, 0.2) is 54.6 Å². The summed E-state index contributed by atoms with van der Waals surface area (Å²) in [6.45, 7) is -0.0457. The van der Waals surface area contributed by atoms with Crippen LogP contribution in [0.5, 0.6) is 11.5 Å². The quantitative estimate of drug-likeness (QED) is 0.517. The van der Waals surface area contributed by atoms with Crippen molar-refractivity contribution in [2.75, 3.05) is 13.7 Å². The average molecular weight is 385 g/mol. The predicted molar refractivity (Wildman–Crippen MR) is 99.4 cm³/mol. The summed E-state index contributed by atoms with van der Waals surface area (Å²) >= 11 is 0. The first kappa shape index (κ1) is 19.3. The molecule has 0 bridgehead atoms. The largest absolute Gasteiger partial charge is 0.497 e. The molecule has 3 rings (SSSR count). The van der Waals surface area contributed by atoms with Gasteiger partial charge in [0.05, 0.1) is 19.1 Å². The summed E-state index contributed by atoms with van der Waals surface area (Å²) in [5, 5.41) is 4.22. The van der Waals surface area contributed by atoms with Gasteiger partial charge in [-0.3, -0.25) is 9.59 Å². The molecule has 0 spiro atoms. The topological polar surface area (TPSA) is 64.6 Å². The van der Waals surface area contributed by atoms with Crippen LogP contribution in [-0.2, 0) is 4.79 Å². The van der Waals surface area contributed by atoms with Gasteiger partial charge in [0.2, 0.25) is 0 Å². The van der Waals surface area contributed by atoms with Crippen LogP contribution in [0.2, 0.25) is 0 Å². The van der Waals surface area contributed by atoms with E-state index in [9.17, 15) is 18.4 Å². The lowest BCUT2D eigenvalue weighted by atomic mass is 10.1. The van der Waals surface area contributed by atoms with E-state index >= 15 is 0 Å². The zero-order chi connectivity index (χ0) is 20.1. The van der Waals surface area contributed by atoms with Crippen molar-refractivity contribution in [3.8, 4) is 11.5 Å². The highest BCUT2D eigenvalue weighted by Crippen LogP contribution is 2.25. The molecule has 0 saturated heterocycles. The standard InChI is InChI=1S/C21H17F2NO4/c1-27-16-5-2-13-3-6-17(11-14(13)10-16)28-20(25)8-9-24-21(26)18-7-4-15(22)12-19(18)23/h2-7,10-12H,8-9H2,1H3,(H,24,26). The van der Waals surface area contributed by atoms with Gasteiger partial charge >= 0.3 is 5.97 Å². The van der Waals surface area contributed by atoms with Crippen LogP contribution in [0.3, 0.4) is 0 Å². The van der Waals surface area contributed by atoms with Gasteiger partial charge in [0, 0.05) is 12.6 Å². The zero-order valence-corrected chi connectivity index (χ0v) is 15.0. The predicted octanol–water partition coefficient (Wildman–Crippen LogP) is 3.85. The van der Waals surface area contributed by atoms with E-state index in [4.69, 9.17) is 9.47 Å². The third kappa shape index (κ3) is 4.62.